The zero-order chi connectivity index (χ0) is 38.0. The zero-order valence-corrected chi connectivity index (χ0v) is 33.8. The number of hydrogen-bond donors (Lipinski definition) is 0. The Kier molecular flexibility index (Phi) is 38.6. The lowest BCUT2D eigenvalue weighted by Gasteiger charge is -2.18. The van der Waals surface area contributed by atoms with Gasteiger partial charge >= 0.3 is 17.9 Å². The van der Waals surface area contributed by atoms with Gasteiger partial charge in [-0.25, -0.2) is 0 Å². The Morgan fingerprint density at radius 2 is 0.788 bits per heavy atom. The fourth-order valence-electron chi connectivity index (χ4n) is 5.50. The van der Waals surface area contributed by atoms with Crippen molar-refractivity contribution in [3.8, 4) is 0 Å². The van der Waals surface area contributed by atoms with Gasteiger partial charge in [0.1, 0.15) is 13.2 Å². The lowest BCUT2D eigenvalue weighted by atomic mass is 10.1. The molecule has 0 rings (SSSR count). The monoisotopic (exact) mass is 727 g/mol. The summed E-state index contributed by atoms with van der Waals surface area (Å²) >= 11 is 0. The SMILES string of the molecule is CC/C=C\C/C=C\C/C=C\CCCC(=O)OC(COC(=O)CCCCCCC/C=C\CCCC)COC(=O)CCCCCCC/C=C\CCCCC. The largest absolute Gasteiger partial charge is 0.462 e. The van der Waals surface area contributed by atoms with Gasteiger partial charge in [-0.2, -0.15) is 0 Å². The van der Waals surface area contributed by atoms with Crippen LogP contribution in [0, 0.1) is 0 Å². The van der Waals surface area contributed by atoms with Crippen molar-refractivity contribution in [3.05, 3.63) is 60.8 Å². The molecule has 6 heteroatoms. The second kappa shape index (κ2) is 40.9. The van der Waals surface area contributed by atoms with E-state index < -0.39 is 6.10 Å². The highest BCUT2D eigenvalue weighted by molar-refractivity contribution is 5.71. The minimum absolute atomic E-state index is 0.102. The Balaban J connectivity index is 4.48. The van der Waals surface area contributed by atoms with Crippen molar-refractivity contribution >= 4 is 17.9 Å². The molecule has 0 saturated carbocycles. The molecule has 0 aromatic heterocycles. The molecule has 1 unspecified atom stereocenters. The van der Waals surface area contributed by atoms with Gasteiger partial charge in [0.05, 0.1) is 0 Å². The highest BCUT2D eigenvalue weighted by Gasteiger charge is 2.19. The maximum atomic E-state index is 12.6. The summed E-state index contributed by atoms with van der Waals surface area (Å²) in [5.74, 6) is -0.984. The lowest BCUT2D eigenvalue weighted by molar-refractivity contribution is -0.167. The third kappa shape index (κ3) is 38.3. The van der Waals surface area contributed by atoms with E-state index in [1.807, 2.05) is 0 Å². The van der Waals surface area contributed by atoms with Crippen LogP contribution in [0.3, 0.4) is 0 Å². The van der Waals surface area contributed by atoms with Crippen molar-refractivity contribution in [1.29, 1.82) is 0 Å². The third-order valence-electron chi connectivity index (χ3n) is 8.73. The Hall–Kier alpha value is -2.89. The summed E-state index contributed by atoms with van der Waals surface area (Å²) in [5, 5.41) is 0. The fraction of sp³-hybridized carbons (Fsp3) is 0.717. The first-order valence-electron chi connectivity index (χ1n) is 21.3. The molecule has 0 aliphatic heterocycles. The van der Waals surface area contributed by atoms with Crippen LogP contribution in [0.5, 0.6) is 0 Å². The minimum Gasteiger partial charge on any atom is -0.462 e. The molecule has 0 heterocycles. The Morgan fingerprint density at radius 3 is 1.31 bits per heavy atom. The van der Waals surface area contributed by atoms with Gasteiger partial charge in [-0.3, -0.25) is 14.4 Å². The summed E-state index contributed by atoms with van der Waals surface area (Å²) in [4.78, 5) is 37.6. The van der Waals surface area contributed by atoms with Crippen molar-refractivity contribution in [2.75, 3.05) is 13.2 Å². The lowest BCUT2D eigenvalue weighted by Crippen LogP contribution is -2.30. The number of ether oxygens (including phenoxy) is 3. The Bertz CT molecular complexity index is 975. The van der Waals surface area contributed by atoms with Crippen molar-refractivity contribution in [2.45, 2.75) is 200 Å². The molecule has 0 bridgehead atoms. The van der Waals surface area contributed by atoms with Crippen LogP contribution in [-0.2, 0) is 28.6 Å². The van der Waals surface area contributed by atoms with Gasteiger partial charge in [-0.05, 0) is 89.9 Å². The van der Waals surface area contributed by atoms with Crippen molar-refractivity contribution in [1.82, 2.24) is 0 Å². The van der Waals surface area contributed by atoms with E-state index in [-0.39, 0.29) is 37.5 Å². The topological polar surface area (TPSA) is 78.9 Å². The van der Waals surface area contributed by atoms with Crippen LogP contribution >= 0.6 is 0 Å². The van der Waals surface area contributed by atoms with Crippen molar-refractivity contribution in [2.24, 2.45) is 0 Å². The van der Waals surface area contributed by atoms with Crippen LogP contribution in [0.25, 0.3) is 0 Å². The molecule has 0 aromatic carbocycles. The summed E-state index contributed by atoms with van der Waals surface area (Å²) in [7, 11) is 0. The molecule has 0 saturated heterocycles. The average Bonchev–Trinajstić information content (AvgIpc) is 3.14. The molecule has 1 atom stereocenters. The zero-order valence-electron chi connectivity index (χ0n) is 33.8. The second-order valence-corrected chi connectivity index (χ2v) is 13.9. The average molecular weight is 727 g/mol. The molecule has 0 aliphatic rings. The summed E-state index contributed by atoms with van der Waals surface area (Å²) < 4.78 is 16.6. The van der Waals surface area contributed by atoms with Gasteiger partial charge in [0.25, 0.3) is 0 Å². The molecule has 0 spiro atoms. The van der Waals surface area contributed by atoms with Crippen molar-refractivity contribution < 1.29 is 28.6 Å². The van der Waals surface area contributed by atoms with Gasteiger partial charge in [0.15, 0.2) is 6.10 Å². The third-order valence-corrected chi connectivity index (χ3v) is 8.73. The molecule has 0 N–H and O–H groups in total. The highest BCUT2D eigenvalue weighted by Crippen LogP contribution is 2.12. The van der Waals surface area contributed by atoms with Crippen LogP contribution in [-0.4, -0.2) is 37.2 Å². The number of rotatable bonds is 37. The van der Waals surface area contributed by atoms with Gasteiger partial charge in [-0.15, -0.1) is 0 Å². The maximum Gasteiger partial charge on any atom is 0.306 e. The molecule has 0 aliphatic carbocycles. The molecule has 0 amide bonds. The van der Waals surface area contributed by atoms with E-state index >= 15 is 0 Å². The van der Waals surface area contributed by atoms with E-state index in [0.717, 1.165) is 89.9 Å². The fourth-order valence-corrected chi connectivity index (χ4v) is 5.50. The Labute approximate surface area is 320 Å². The standard InChI is InChI=1S/C46H78O6/c1-4-7-10-13-16-19-22-25-27-30-33-36-39-45(48)51-42-43(52-46(49)40-37-34-31-28-24-21-18-15-12-9-6-3)41-50-44(47)38-35-32-29-26-23-20-17-14-11-8-5-2/h9,12,14,16-19,21,28,31,43H,4-8,10-11,13,15,20,22-27,29-30,32-42H2,1-3H3/b12-9-,17-14-,19-16-,21-18-,31-28-. The molecule has 0 aromatic rings. The van der Waals surface area contributed by atoms with E-state index in [1.165, 1.54) is 57.8 Å². The van der Waals surface area contributed by atoms with Crippen LogP contribution < -0.4 is 0 Å². The quantitative estimate of drug-likeness (QED) is 0.0274. The van der Waals surface area contributed by atoms with Crippen LogP contribution in [0.4, 0.5) is 0 Å². The molecule has 0 radical (unpaired) electrons. The van der Waals surface area contributed by atoms with Crippen LogP contribution in [0.2, 0.25) is 0 Å². The van der Waals surface area contributed by atoms with Crippen molar-refractivity contribution in [3.63, 3.8) is 0 Å². The van der Waals surface area contributed by atoms with E-state index in [0.29, 0.717) is 19.3 Å². The predicted octanol–water partition coefficient (Wildman–Crippen LogP) is 13.4. The van der Waals surface area contributed by atoms with Gasteiger partial charge < -0.3 is 14.2 Å². The molecular formula is C46H78O6. The molecule has 298 valence electrons. The van der Waals surface area contributed by atoms with Crippen LogP contribution in [0.15, 0.2) is 60.8 Å². The Morgan fingerprint density at radius 1 is 0.404 bits per heavy atom. The summed E-state index contributed by atoms with van der Waals surface area (Å²) in [6.07, 6.45) is 47.8. The van der Waals surface area contributed by atoms with E-state index in [1.54, 1.807) is 0 Å². The first kappa shape index (κ1) is 49.1. The van der Waals surface area contributed by atoms with Gasteiger partial charge in [-0.1, -0.05) is 146 Å². The predicted molar refractivity (Wildman–Crippen MR) is 219 cm³/mol. The van der Waals surface area contributed by atoms with Gasteiger partial charge in [0, 0.05) is 19.3 Å². The van der Waals surface area contributed by atoms with E-state index in [4.69, 9.17) is 14.2 Å². The molecule has 0 fully saturated rings. The summed E-state index contributed by atoms with van der Waals surface area (Å²) in [6, 6.07) is 0. The number of carbonyl (C=O) groups is 3. The molecule has 52 heavy (non-hydrogen) atoms. The first-order chi connectivity index (χ1) is 25.5. The molecular weight excluding hydrogens is 648 g/mol. The first-order valence-corrected chi connectivity index (χ1v) is 21.3. The minimum atomic E-state index is -0.803. The number of unbranched alkanes of at least 4 members (excludes halogenated alkanes) is 16. The number of hydrogen-bond acceptors (Lipinski definition) is 6. The second-order valence-electron chi connectivity index (χ2n) is 13.9. The maximum absolute atomic E-state index is 12.6. The number of carbonyl (C=O) groups excluding carboxylic acids is 3. The van der Waals surface area contributed by atoms with Crippen LogP contribution in [0.1, 0.15) is 194 Å². The highest BCUT2D eigenvalue weighted by atomic mass is 16.6. The molecule has 6 nitrogen and oxygen atoms in total. The normalized spacial score (nSPS) is 12.6. The number of allylic oxidation sites excluding steroid dienone is 10. The smallest absolute Gasteiger partial charge is 0.306 e. The summed E-state index contributed by atoms with van der Waals surface area (Å²) in [6.45, 7) is 6.37. The number of esters is 3. The van der Waals surface area contributed by atoms with E-state index in [9.17, 15) is 14.4 Å². The van der Waals surface area contributed by atoms with Gasteiger partial charge in [0.2, 0.25) is 0 Å². The summed E-state index contributed by atoms with van der Waals surface area (Å²) in [5.41, 5.74) is 0. The van der Waals surface area contributed by atoms with E-state index in [2.05, 4.69) is 81.5 Å².